The average Bonchev–Trinajstić information content (AvgIpc) is 3.47. The molecule has 9 nitrogen and oxygen atoms in total. The number of hydrogen-bond donors (Lipinski definition) is 0. The molecule has 2 aromatic carbocycles. The van der Waals surface area contributed by atoms with E-state index in [1.54, 1.807) is 47.8 Å². The number of non-ortho nitro benzene ring substituents is 1. The number of nitriles is 1. The van der Waals surface area contributed by atoms with Gasteiger partial charge in [-0.05, 0) is 30.3 Å². The number of para-hydroxylation sites is 1. The van der Waals surface area contributed by atoms with Crippen LogP contribution in [0.3, 0.4) is 0 Å². The van der Waals surface area contributed by atoms with Crippen molar-refractivity contribution in [3.63, 3.8) is 0 Å². The molecule has 0 fully saturated rings. The number of thiazole rings is 1. The van der Waals surface area contributed by atoms with Gasteiger partial charge in [-0.3, -0.25) is 20.2 Å². The molecule has 2 aromatic heterocycles. The summed E-state index contributed by atoms with van der Waals surface area (Å²) < 4.78 is 5.72. The minimum absolute atomic E-state index is 0.0194. The minimum atomic E-state index is -0.483. The van der Waals surface area contributed by atoms with Crippen molar-refractivity contribution in [1.29, 1.82) is 5.26 Å². The monoisotopic (exact) mass is 444 g/mol. The van der Waals surface area contributed by atoms with Gasteiger partial charge in [0.05, 0.1) is 26.7 Å². The van der Waals surface area contributed by atoms with E-state index in [1.165, 1.54) is 35.6 Å². The normalized spacial score (nSPS) is 11.2. The van der Waals surface area contributed by atoms with Gasteiger partial charge in [0.15, 0.2) is 0 Å². The molecule has 2 heterocycles. The Labute approximate surface area is 184 Å². The molecule has 0 saturated carbocycles. The van der Waals surface area contributed by atoms with Crippen LogP contribution in [0, 0.1) is 31.6 Å². The van der Waals surface area contributed by atoms with Gasteiger partial charge >= 0.3 is 0 Å². The van der Waals surface area contributed by atoms with Crippen LogP contribution in [-0.2, 0) is 0 Å². The second-order valence-electron chi connectivity index (χ2n) is 6.49. The van der Waals surface area contributed by atoms with Gasteiger partial charge in [-0.25, -0.2) is 4.98 Å². The lowest BCUT2D eigenvalue weighted by atomic mass is 10.1. The minimum Gasteiger partial charge on any atom is -0.456 e. The van der Waals surface area contributed by atoms with Gasteiger partial charge in [0.2, 0.25) is 0 Å². The first-order valence-corrected chi connectivity index (χ1v) is 10.0. The second kappa shape index (κ2) is 8.63. The first-order chi connectivity index (χ1) is 15.5. The van der Waals surface area contributed by atoms with E-state index in [4.69, 9.17) is 4.42 Å². The van der Waals surface area contributed by atoms with Crippen molar-refractivity contribution < 1.29 is 14.3 Å². The van der Waals surface area contributed by atoms with Crippen LogP contribution in [0.5, 0.6) is 0 Å². The molecular formula is C22H12N4O5S. The zero-order chi connectivity index (χ0) is 22.7. The van der Waals surface area contributed by atoms with Gasteiger partial charge in [-0.15, -0.1) is 11.3 Å². The third kappa shape index (κ3) is 4.14. The summed E-state index contributed by atoms with van der Waals surface area (Å²) >= 11 is 1.25. The summed E-state index contributed by atoms with van der Waals surface area (Å²) in [5.41, 5.74) is 1.77. The van der Waals surface area contributed by atoms with E-state index < -0.39 is 9.85 Å². The topological polar surface area (TPSA) is 136 Å². The first kappa shape index (κ1) is 20.6. The van der Waals surface area contributed by atoms with Crippen LogP contribution < -0.4 is 0 Å². The van der Waals surface area contributed by atoms with E-state index in [0.717, 1.165) is 0 Å². The fraction of sp³-hybridized carbons (Fsp3) is 0. The van der Waals surface area contributed by atoms with Crippen molar-refractivity contribution in [2.24, 2.45) is 0 Å². The largest absolute Gasteiger partial charge is 0.456 e. The zero-order valence-electron chi connectivity index (χ0n) is 16.2. The Morgan fingerprint density at radius 2 is 1.78 bits per heavy atom. The Morgan fingerprint density at radius 1 is 1.03 bits per heavy atom. The highest BCUT2D eigenvalue weighted by Gasteiger charge is 2.17. The van der Waals surface area contributed by atoms with Gasteiger partial charge in [0.25, 0.3) is 11.4 Å². The molecule has 0 radical (unpaired) electrons. The quantitative estimate of drug-likeness (QED) is 0.203. The number of benzene rings is 2. The molecule has 0 spiro atoms. The van der Waals surface area contributed by atoms with Gasteiger partial charge in [-0.1, -0.05) is 12.1 Å². The Balaban J connectivity index is 1.62. The number of nitro groups is 2. The molecule has 0 N–H and O–H groups in total. The number of aromatic nitrogens is 1. The smallest absolute Gasteiger partial charge is 0.280 e. The zero-order valence-corrected chi connectivity index (χ0v) is 17.0. The van der Waals surface area contributed by atoms with Crippen LogP contribution in [0.15, 0.2) is 70.5 Å². The second-order valence-corrected chi connectivity index (χ2v) is 7.35. The fourth-order valence-corrected chi connectivity index (χ4v) is 3.78. The molecule has 156 valence electrons. The van der Waals surface area contributed by atoms with Crippen molar-refractivity contribution in [1.82, 2.24) is 4.98 Å². The lowest BCUT2D eigenvalue weighted by Gasteiger charge is -1.99. The standard InChI is InChI=1S/C22H12N4O5S/c23-12-15(22-24-19(13-32-22)14-5-7-16(8-6-14)25(27)28)11-17-9-10-21(31-17)18-3-1-2-4-20(18)26(29)30/h1-11,13H/b15-11+. The Hall–Kier alpha value is -4.62. The molecule has 4 aromatic rings. The van der Waals surface area contributed by atoms with Crippen LogP contribution in [0.2, 0.25) is 0 Å². The molecule has 0 atom stereocenters. The number of rotatable bonds is 6. The number of hydrogen-bond acceptors (Lipinski definition) is 8. The SMILES string of the molecule is N#C/C(=C\c1ccc(-c2ccccc2[N+](=O)[O-])o1)c1nc(-c2ccc([N+](=O)[O-])cc2)cs1. The highest BCUT2D eigenvalue weighted by atomic mass is 32.1. The molecule has 0 amide bonds. The molecule has 0 aliphatic heterocycles. The summed E-state index contributed by atoms with van der Waals surface area (Å²) in [4.78, 5) is 25.5. The third-order valence-electron chi connectivity index (χ3n) is 4.51. The van der Waals surface area contributed by atoms with E-state index in [1.807, 2.05) is 0 Å². The summed E-state index contributed by atoms with van der Waals surface area (Å²) in [5.74, 6) is 0.660. The molecule has 0 aliphatic carbocycles. The van der Waals surface area contributed by atoms with E-state index in [0.29, 0.717) is 33.3 Å². The molecular weight excluding hydrogens is 432 g/mol. The van der Waals surface area contributed by atoms with Gasteiger partial charge < -0.3 is 4.42 Å². The third-order valence-corrected chi connectivity index (χ3v) is 5.38. The molecule has 0 bridgehead atoms. The maximum Gasteiger partial charge on any atom is 0.280 e. The van der Waals surface area contributed by atoms with Gasteiger partial charge in [0, 0.05) is 35.2 Å². The lowest BCUT2D eigenvalue weighted by Crippen LogP contribution is -1.90. The molecule has 0 saturated heterocycles. The van der Waals surface area contributed by atoms with Crippen LogP contribution in [0.4, 0.5) is 11.4 Å². The highest BCUT2D eigenvalue weighted by molar-refractivity contribution is 7.11. The van der Waals surface area contributed by atoms with Gasteiger partial charge in [-0.2, -0.15) is 5.26 Å². The Bertz CT molecular complexity index is 1400. The lowest BCUT2D eigenvalue weighted by molar-refractivity contribution is -0.384. The summed E-state index contributed by atoms with van der Waals surface area (Å²) in [6.07, 6.45) is 1.51. The predicted molar refractivity (Wildman–Crippen MR) is 118 cm³/mol. The van der Waals surface area contributed by atoms with Gasteiger partial charge in [0.1, 0.15) is 22.6 Å². The number of nitro benzene ring substituents is 2. The average molecular weight is 444 g/mol. The van der Waals surface area contributed by atoms with Crippen LogP contribution in [0.1, 0.15) is 10.8 Å². The Kier molecular flexibility index (Phi) is 5.57. The fourth-order valence-electron chi connectivity index (χ4n) is 2.98. The predicted octanol–water partition coefficient (Wildman–Crippen LogP) is 5.95. The van der Waals surface area contributed by atoms with E-state index in [9.17, 15) is 25.5 Å². The highest BCUT2D eigenvalue weighted by Crippen LogP contribution is 2.33. The maximum atomic E-state index is 11.3. The maximum absolute atomic E-state index is 11.3. The van der Waals surface area contributed by atoms with Crippen molar-refractivity contribution >= 4 is 34.4 Å². The summed E-state index contributed by atoms with van der Waals surface area (Å²) in [6.45, 7) is 0. The van der Waals surface area contributed by atoms with E-state index in [-0.39, 0.29) is 16.9 Å². The molecule has 0 unspecified atom stereocenters. The summed E-state index contributed by atoms with van der Waals surface area (Å²) in [6, 6.07) is 17.5. The number of allylic oxidation sites excluding steroid dienone is 1. The van der Waals surface area contributed by atoms with Crippen LogP contribution in [-0.4, -0.2) is 14.8 Å². The van der Waals surface area contributed by atoms with Crippen molar-refractivity contribution in [2.75, 3.05) is 0 Å². The van der Waals surface area contributed by atoms with E-state index in [2.05, 4.69) is 11.1 Å². The van der Waals surface area contributed by atoms with Crippen LogP contribution in [0.25, 0.3) is 34.2 Å². The van der Waals surface area contributed by atoms with Crippen molar-refractivity contribution in [3.05, 3.63) is 97.0 Å². The Morgan fingerprint density at radius 3 is 2.47 bits per heavy atom. The van der Waals surface area contributed by atoms with Crippen molar-refractivity contribution in [3.8, 4) is 28.7 Å². The summed E-state index contributed by atoms with van der Waals surface area (Å²) in [7, 11) is 0. The number of nitrogens with zero attached hydrogens (tertiary/aromatic N) is 4. The molecule has 0 aliphatic rings. The van der Waals surface area contributed by atoms with Crippen LogP contribution >= 0.6 is 11.3 Å². The first-order valence-electron chi connectivity index (χ1n) is 9.12. The number of furan rings is 1. The summed E-state index contributed by atoms with van der Waals surface area (Å²) in [5, 5.41) is 33.9. The molecule has 4 rings (SSSR count). The van der Waals surface area contributed by atoms with E-state index >= 15 is 0 Å². The molecule has 10 heteroatoms. The molecule has 32 heavy (non-hydrogen) atoms. The van der Waals surface area contributed by atoms with Crippen molar-refractivity contribution in [2.45, 2.75) is 0 Å².